The summed E-state index contributed by atoms with van der Waals surface area (Å²) in [4.78, 5) is 28.5. The number of anilines is 1. The number of piperazine rings is 1. The van der Waals surface area contributed by atoms with E-state index in [-0.39, 0.29) is 37.8 Å². The molecule has 3 amide bonds. The highest BCUT2D eigenvalue weighted by Crippen LogP contribution is 2.34. The fourth-order valence-corrected chi connectivity index (χ4v) is 4.25. The number of carbonyl (C=O) groups is 2. The van der Waals surface area contributed by atoms with Crippen LogP contribution in [0.15, 0.2) is 42.5 Å². The Bertz CT molecular complexity index is 1140. The van der Waals surface area contributed by atoms with E-state index in [4.69, 9.17) is 0 Å². The lowest BCUT2D eigenvalue weighted by Crippen LogP contribution is -2.51. The first kappa shape index (κ1) is 21.1. The standard InChI is InChI=1S/C21H19F3N4O2S/c1-13-6-7-17-14(12-13)18(26-31-17)19(29)27-8-10-28(11-9-27)20(30)25-16-5-3-2-4-15(16)21(22,23)24/h2-7,12H,8-11H2,1H3,(H,25,30). The van der Waals surface area contributed by atoms with Gasteiger partial charge in [0.1, 0.15) is 5.69 Å². The highest BCUT2D eigenvalue weighted by atomic mass is 32.1. The van der Waals surface area contributed by atoms with Gasteiger partial charge in [-0.1, -0.05) is 23.8 Å². The fourth-order valence-electron chi connectivity index (χ4n) is 3.50. The summed E-state index contributed by atoms with van der Waals surface area (Å²) >= 11 is 1.26. The number of rotatable bonds is 2. The average Bonchev–Trinajstić information content (AvgIpc) is 3.16. The molecule has 2 aromatic carbocycles. The maximum Gasteiger partial charge on any atom is 0.418 e. The summed E-state index contributed by atoms with van der Waals surface area (Å²) in [5.41, 5.74) is 0.230. The van der Waals surface area contributed by atoms with Crippen molar-refractivity contribution < 1.29 is 22.8 Å². The number of aromatic nitrogens is 1. The Morgan fingerprint density at radius 1 is 1.03 bits per heavy atom. The van der Waals surface area contributed by atoms with Gasteiger partial charge in [0.05, 0.1) is 16.0 Å². The molecule has 1 saturated heterocycles. The number of aryl methyl sites for hydroxylation is 1. The van der Waals surface area contributed by atoms with Crippen LogP contribution in [-0.4, -0.2) is 52.3 Å². The molecule has 1 N–H and O–H groups in total. The predicted molar refractivity (Wildman–Crippen MR) is 112 cm³/mol. The van der Waals surface area contributed by atoms with Crippen molar-refractivity contribution in [3.63, 3.8) is 0 Å². The molecule has 162 valence electrons. The molecule has 31 heavy (non-hydrogen) atoms. The van der Waals surface area contributed by atoms with Crippen LogP contribution < -0.4 is 5.32 Å². The third-order valence-corrected chi connectivity index (χ3v) is 5.98. The summed E-state index contributed by atoms with van der Waals surface area (Å²) in [7, 11) is 0. The van der Waals surface area contributed by atoms with E-state index in [1.807, 2.05) is 25.1 Å². The zero-order valence-corrected chi connectivity index (χ0v) is 17.4. The monoisotopic (exact) mass is 448 g/mol. The summed E-state index contributed by atoms with van der Waals surface area (Å²) in [5, 5.41) is 3.15. The smallest absolute Gasteiger partial charge is 0.334 e. The minimum atomic E-state index is -4.57. The Morgan fingerprint density at radius 2 is 1.71 bits per heavy atom. The van der Waals surface area contributed by atoms with E-state index in [1.165, 1.54) is 34.6 Å². The highest BCUT2D eigenvalue weighted by molar-refractivity contribution is 7.13. The molecule has 1 aliphatic heterocycles. The van der Waals surface area contributed by atoms with Crippen molar-refractivity contribution in [1.82, 2.24) is 14.2 Å². The van der Waals surface area contributed by atoms with E-state index >= 15 is 0 Å². The number of para-hydroxylation sites is 1. The predicted octanol–water partition coefficient (Wildman–Crippen LogP) is 4.61. The van der Waals surface area contributed by atoms with E-state index in [9.17, 15) is 22.8 Å². The van der Waals surface area contributed by atoms with Gasteiger partial charge in [-0.05, 0) is 42.7 Å². The van der Waals surface area contributed by atoms with Crippen LogP contribution >= 0.6 is 11.5 Å². The van der Waals surface area contributed by atoms with Gasteiger partial charge >= 0.3 is 12.2 Å². The van der Waals surface area contributed by atoms with Crippen molar-refractivity contribution in [3.05, 3.63) is 59.3 Å². The number of hydrogen-bond donors (Lipinski definition) is 1. The fraction of sp³-hybridized carbons (Fsp3) is 0.286. The lowest BCUT2D eigenvalue weighted by atomic mass is 10.1. The topological polar surface area (TPSA) is 65.5 Å². The third-order valence-electron chi connectivity index (χ3n) is 5.16. The molecule has 0 bridgehead atoms. The molecule has 0 aliphatic carbocycles. The molecule has 0 radical (unpaired) electrons. The second-order valence-corrected chi connectivity index (χ2v) is 8.09. The molecule has 3 aromatic rings. The summed E-state index contributed by atoms with van der Waals surface area (Å²) in [6, 6.07) is 10.0. The van der Waals surface area contributed by atoms with E-state index in [0.717, 1.165) is 21.7 Å². The Labute approximate surface area is 180 Å². The van der Waals surface area contributed by atoms with Crippen molar-refractivity contribution in [2.75, 3.05) is 31.5 Å². The quantitative estimate of drug-likeness (QED) is 0.623. The third kappa shape index (κ3) is 4.34. The Hall–Kier alpha value is -3.14. The van der Waals surface area contributed by atoms with Crippen LogP contribution in [0.3, 0.4) is 0 Å². The first-order chi connectivity index (χ1) is 14.7. The molecule has 10 heteroatoms. The van der Waals surface area contributed by atoms with Gasteiger partial charge in [-0.3, -0.25) is 4.79 Å². The number of halogens is 3. The van der Waals surface area contributed by atoms with Crippen LogP contribution in [0.2, 0.25) is 0 Å². The van der Waals surface area contributed by atoms with Crippen LogP contribution in [0.5, 0.6) is 0 Å². The second-order valence-electron chi connectivity index (χ2n) is 7.28. The lowest BCUT2D eigenvalue weighted by molar-refractivity contribution is -0.136. The summed E-state index contributed by atoms with van der Waals surface area (Å²) < 4.78 is 44.6. The summed E-state index contributed by atoms with van der Waals surface area (Å²) in [6.07, 6.45) is -4.57. The number of nitrogens with one attached hydrogen (secondary N) is 1. The highest BCUT2D eigenvalue weighted by Gasteiger charge is 2.34. The minimum Gasteiger partial charge on any atom is -0.334 e. The second kappa shape index (κ2) is 8.18. The molecule has 4 rings (SSSR count). The molecular weight excluding hydrogens is 429 g/mol. The number of fused-ring (bicyclic) bond motifs is 1. The summed E-state index contributed by atoms with van der Waals surface area (Å²) in [6.45, 7) is 2.93. The molecule has 2 heterocycles. The molecule has 0 saturated carbocycles. The van der Waals surface area contributed by atoms with Crippen molar-refractivity contribution >= 4 is 39.2 Å². The first-order valence-electron chi connectivity index (χ1n) is 9.61. The van der Waals surface area contributed by atoms with E-state index < -0.39 is 17.8 Å². The van der Waals surface area contributed by atoms with Crippen molar-refractivity contribution in [1.29, 1.82) is 0 Å². The summed E-state index contributed by atoms with van der Waals surface area (Å²) in [5.74, 6) is -0.209. The SMILES string of the molecule is Cc1ccc2snc(C(=O)N3CCN(C(=O)Nc4ccccc4C(F)(F)F)CC3)c2c1. The van der Waals surface area contributed by atoms with Crippen LogP contribution in [0.4, 0.5) is 23.7 Å². The molecule has 0 unspecified atom stereocenters. The van der Waals surface area contributed by atoms with Crippen LogP contribution in [0, 0.1) is 6.92 Å². The maximum atomic E-state index is 13.1. The van der Waals surface area contributed by atoms with Gasteiger partial charge in [0, 0.05) is 31.6 Å². The Morgan fingerprint density at radius 3 is 2.42 bits per heavy atom. The number of alkyl halides is 3. The molecule has 1 fully saturated rings. The van der Waals surface area contributed by atoms with Crippen LogP contribution in [0.1, 0.15) is 21.6 Å². The van der Waals surface area contributed by atoms with E-state index in [1.54, 1.807) is 4.90 Å². The Kier molecular flexibility index (Phi) is 5.57. The number of amides is 3. The molecular formula is C21H19F3N4O2S. The minimum absolute atomic E-state index is 0.209. The maximum absolute atomic E-state index is 13.1. The van der Waals surface area contributed by atoms with Gasteiger partial charge in [-0.25, -0.2) is 4.79 Å². The average molecular weight is 448 g/mol. The van der Waals surface area contributed by atoms with Gasteiger partial charge in [0.2, 0.25) is 0 Å². The first-order valence-corrected chi connectivity index (χ1v) is 10.4. The molecule has 1 aliphatic rings. The van der Waals surface area contributed by atoms with Crippen LogP contribution in [-0.2, 0) is 6.18 Å². The van der Waals surface area contributed by atoms with Gasteiger partial charge in [0.15, 0.2) is 0 Å². The molecule has 0 spiro atoms. The largest absolute Gasteiger partial charge is 0.418 e. The van der Waals surface area contributed by atoms with Crippen molar-refractivity contribution in [3.8, 4) is 0 Å². The number of hydrogen-bond acceptors (Lipinski definition) is 4. The normalized spacial score (nSPS) is 14.7. The number of nitrogens with zero attached hydrogens (tertiary/aromatic N) is 3. The van der Waals surface area contributed by atoms with Gasteiger partial charge in [-0.2, -0.15) is 17.5 Å². The molecule has 6 nitrogen and oxygen atoms in total. The van der Waals surface area contributed by atoms with Crippen LogP contribution in [0.25, 0.3) is 10.1 Å². The van der Waals surface area contributed by atoms with Gasteiger partial charge in [0.25, 0.3) is 5.91 Å². The number of urea groups is 1. The Balaban J connectivity index is 1.41. The zero-order valence-electron chi connectivity index (χ0n) is 16.6. The van der Waals surface area contributed by atoms with E-state index in [2.05, 4.69) is 9.69 Å². The van der Waals surface area contributed by atoms with E-state index in [0.29, 0.717) is 5.69 Å². The lowest BCUT2D eigenvalue weighted by Gasteiger charge is -2.34. The molecule has 0 atom stereocenters. The van der Waals surface area contributed by atoms with Gasteiger partial charge in [-0.15, -0.1) is 0 Å². The number of carbonyl (C=O) groups excluding carboxylic acids is 2. The zero-order chi connectivity index (χ0) is 22.2. The molecule has 1 aromatic heterocycles. The number of benzene rings is 2. The van der Waals surface area contributed by atoms with Crippen molar-refractivity contribution in [2.24, 2.45) is 0 Å². The van der Waals surface area contributed by atoms with Crippen molar-refractivity contribution in [2.45, 2.75) is 13.1 Å². The van der Waals surface area contributed by atoms with Gasteiger partial charge < -0.3 is 15.1 Å².